The molecule has 0 aromatic rings. The standard InChI is InChI=1S/C7H12ClN5O2/c1-11(2)5-4-6(10-13(8)9-5)12(3)7(14)15/h4,10H,1-3H3,(H,14,15). The maximum Gasteiger partial charge on any atom is 0.412 e. The molecular weight excluding hydrogens is 222 g/mol. The fraction of sp³-hybridized carbons (Fsp3) is 0.429. The number of hydrazine groups is 1. The molecular formula is C7H12ClN5O2. The molecule has 0 unspecified atom stereocenters. The monoisotopic (exact) mass is 233 g/mol. The minimum absolute atomic E-state index is 0.330. The molecule has 0 bridgehead atoms. The van der Waals surface area contributed by atoms with Crippen LogP contribution in [0.4, 0.5) is 4.79 Å². The summed E-state index contributed by atoms with van der Waals surface area (Å²) < 4.78 is 0.935. The molecule has 84 valence electrons. The fourth-order valence-electron chi connectivity index (χ4n) is 0.886. The Morgan fingerprint density at radius 1 is 1.60 bits per heavy atom. The van der Waals surface area contributed by atoms with Crippen molar-refractivity contribution >= 4 is 23.7 Å². The van der Waals surface area contributed by atoms with Crippen LogP contribution >= 0.6 is 11.8 Å². The third-order valence-electron chi connectivity index (χ3n) is 1.77. The van der Waals surface area contributed by atoms with Gasteiger partial charge >= 0.3 is 6.09 Å². The average Bonchev–Trinajstić information content (AvgIpc) is 2.15. The third kappa shape index (κ3) is 2.66. The van der Waals surface area contributed by atoms with Crippen LogP contribution < -0.4 is 5.43 Å². The van der Waals surface area contributed by atoms with Crippen LogP contribution in [-0.2, 0) is 0 Å². The van der Waals surface area contributed by atoms with Crippen molar-refractivity contribution in [3.63, 3.8) is 0 Å². The first-order valence-electron chi connectivity index (χ1n) is 4.08. The number of amidine groups is 1. The van der Waals surface area contributed by atoms with Gasteiger partial charge in [-0.05, 0) is 0 Å². The number of nitrogens with zero attached hydrogens (tertiary/aromatic N) is 4. The molecule has 0 spiro atoms. The normalized spacial score (nSPS) is 15.1. The van der Waals surface area contributed by atoms with E-state index in [0.29, 0.717) is 11.7 Å². The summed E-state index contributed by atoms with van der Waals surface area (Å²) in [4.78, 5) is 13.4. The van der Waals surface area contributed by atoms with Gasteiger partial charge < -0.3 is 10.0 Å². The predicted octanol–water partition coefficient (Wildman–Crippen LogP) is 0.287. The van der Waals surface area contributed by atoms with Crippen LogP contribution in [0.1, 0.15) is 0 Å². The van der Waals surface area contributed by atoms with Crippen molar-refractivity contribution in [2.24, 2.45) is 5.10 Å². The first-order chi connectivity index (χ1) is 6.91. The molecule has 7 nitrogen and oxygen atoms in total. The number of hydrogen-bond acceptors (Lipinski definition) is 5. The molecule has 0 aromatic carbocycles. The molecule has 15 heavy (non-hydrogen) atoms. The van der Waals surface area contributed by atoms with E-state index in [2.05, 4.69) is 10.5 Å². The topological polar surface area (TPSA) is 71.4 Å². The summed E-state index contributed by atoms with van der Waals surface area (Å²) in [5.74, 6) is 0.878. The van der Waals surface area contributed by atoms with E-state index in [1.807, 2.05) is 0 Å². The average molecular weight is 234 g/mol. The lowest BCUT2D eigenvalue weighted by molar-refractivity contribution is 0.159. The number of hydrazone groups is 1. The molecule has 0 radical (unpaired) electrons. The first-order valence-corrected chi connectivity index (χ1v) is 4.42. The van der Waals surface area contributed by atoms with Gasteiger partial charge in [-0.3, -0.25) is 10.3 Å². The van der Waals surface area contributed by atoms with E-state index < -0.39 is 6.09 Å². The number of carboxylic acid groups (broad SMARTS) is 1. The van der Waals surface area contributed by atoms with E-state index in [4.69, 9.17) is 16.9 Å². The Hall–Kier alpha value is -1.63. The van der Waals surface area contributed by atoms with Crippen LogP contribution in [0.2, 0.25) is 0 Å². The molecule has 0 saturated carbocycles. The van der Waals surface area contributed by atoms with Gasteiger partial charge in [0.2, 0.25) is 0 Å². The van der Waals surface area contributed by atoms with Crippen molar-refractivity contribution < 1.29 is 9.90 Å². The van der Waals surface area contributed by atoms with Crippen LogP contribution in [0.3, 0.4) is 0 Å². The number of carbonyl (C=O) groups is 1. The molecule has 8 heteroatoms. The van der Waals surface area contributed by atoms with E-state index >= 15 is 0 Å². The number of hydrogen-bond donors (Lipinski definition) is 2. The van der Waals surface area contributed by atoms with E-state index in [9.17, 15) is 4.79 Å². The summed E-state index contributed by atoms with van der Waals surface area (Å²) in [5.41, 5.74) is 2.57. The second kappa shape index (κ2) is 4.26. The predicted molar refractivity (Wildman–Crippen MR) is 55.8 cm³/mol. The quantitative estimate of drug-likeness (QED) is 0.637. The van der Waals surface area contributed by atoms with Crippen LogP contribution in [0.25, 0.3) is 0 Å². The van der Waals surface area contributed by atoms with Crippen molar-refractivity contribution in [1.29, 1.82) is 0 Å². The zero-order valence-corrected chi connectivity index (χ0v) is 9.36. The van der Waals surface area contributed by atoms with Crippen molar-refractivity contribution in [3.8, 4) is 0 Å². The Morgan fingerprint density at radius 3 is 2.67 bits per heavy atom. The summed E-state index contributed by atoms with van der Waals surface area (Å²) in [6, 6.07) is 0. The van der Waals surface area contributed by atoms with Gasteiger partial charge in [0.1, 0.15) is 5.82 Å². The molecule has 0 atom stereocenters. The SMILES string of the molecule is CN(C)C1=NN(Cl)NC(N(C)C(=O)O)=C1. The largest absolute Gasteiger partial charge is 0.465 e. The van der Waals surface area contributed by atoms with E-state index in [-0.39, 0.29) is 0 Å². The summed E-state index contributed by atoms with van der Waals surface area (Å²) in [6.07, 6.45) is 0.492. The molecule has 0 aliphatic carbocycles. The zero-order valence-electron chi connectivity index (χ0n) is 8.60. The molecule has 2 N–H and O–H groups in total. The lowest BCUT2D eigenvalue weighted by atomic mass is 10.4. The molecule has 0 aromatic heterocycles. The van der Waals surface area contributed by atoms with E-state index in [1.54, 1.807) is 25.1 Å². The van der Waals surface area contributed by atoms with Crippen LogP contribution in [0.5, 0.6) is 0 Å². The third-order valence-corrected chi connectivity index (χ3v) is 1.93. The van der Waals surface area contributed by atoms with Gasteiger partial charge in [0.05, 0.1) is 11.8 Å². The highest BCUT2D eigenvalue weighted by Gasteiger charge is 2.19. The minimum atomic E-state index is -1.08. The zero-order chi connectivity index (χ0) is 11.6. The highest BCUT2D eigenvalue weighted by Crippen LogP contribution is 2.09. The fourth-order valence-corrected chi connectivity index (χ4v) is 1.05. The van der Waals surface area contributed by atoms with Gasteiger partial charge in [0.25, 0.3) is 0 Å². The van der Waals surface area contributed by atoms with Crippen LogP contribution in [0, 0.1) is 0 Å². The summed E-state index contributed by atoms with van der Waals surface area (Å²) in [7, 11) is 4.97. The Kier molecular flexibility index (Phi) is 3.25. The number of nitrogens with one attached hydrogen (secondary N) is 1. The molecule has 1 amide bonds. The Balaban J connectivity index is 2.92. The maximum atomic E-state index is 10.7. The van der Waals surface area contributed by atoms with Crippen LogP contribution in [-0.4, -0.2) is 52.6 Å². The second-order valence-electron chi connectivity index (χ2n) is 3.10. The lowest BCUT2D eigenvalue weighted by Gasteiger charge is -2.27. The number of rotatable bonds is 1. The van der Waals surface area contributed by atoms with E-state index in [0.717, 1.165) is 9.54 Å². The Labute approximate surface area is 92.3 Å². The van der Waals surface area contributed by atoms with Gasteiger partial charge in [-0.15, -0.1) is 9.74 Å². The summed E-state index contributed by atoms with van der Waals surface area (Å²) in [5, 5.41) is 12.7. The van der Waals surface area contributed by atoms with Crippen LogP contribution in [0.15, 0.2) is 17.0 Å². The van der Waals surface area contributed by atoms with E-state index in [1.165, 1.54) is 7.05 Å². The summed E-state index contributed by atoms with van der Waals surface area (Å²) >= 11 is 5.65. The molecule has 0 fully saturated rings. The van der Waals surface area contributed by atoms with Gasteiger partial charge in [-0.2, -0.15) is 0 Å². The van der Waals surface area contributed by atoms with Gasteiger partial charge in [0.15, 0.2) is 5.84 Å². The van der Waals surface area contributed by atoms with Gasteiger partial charge in [-0.1, -0.05) is 0 Å². The molecule has 1 rings (SSSR count). The Bertz CT molecular complexity index is 327. The smallest absolute Gasteiger partial charge is 0.412 e. The summed E-state index contributed by atoms with van der Waals surface area (Å²) in [6.45, 7) is 0. The molecule has 1 heterocycles. The van der Waals surface area contributed by atoms with Crippen molar-refractivity contribution in [2.75, 3.05) is 21.1 Å². The highest BCUT2D eigenvalue weighted by atomic mass is 35.5. The first kappa shape index (κ1) is 11.4. The maximum absolute atomic E-state index is 10.7. The number of likely N-dealkylation sites (N-methyl/N-ethyl adjacent to an activating group) is 1. The van der Waals surface area contributed by atoms with Crippen molar-refractivity contribution in [2.45, 2.75) is 0 Å². The molecule has 0 saturated heterocycles. The number of amides is 1. The Morgan fingerprint density at radius 2 is 2.20 bits per heavy atom. The van der Waals surface area contributed by atoms with Gasteiger partial charge in [0, 0.05) is 27.2 Å². The van der Waals surface area contributed by atoms with Gasteiger partial charge in [-0.25, -0.2) is 4.79 Å². The van der Waals surface area contributed by atoms with Crippen molar-refractivity contribution in [3.05, 3.63) is 11.9 Å². The second-order valence-corrected chi connectivity index (χ2v) is 3.42. The minimum Gasteiger partial charge on any atom is -0.465 e. The van der Waals surface area contributed by atoms with Crippen molar-refractivity contribution in [1.82, 2.24) is 19.9 Å². The number of halogens is 1. The molecule has 1 aliphatic rings. The highest BCUT2D eigenvalue weighted by molar-refractivity contribution is 6.14. The lowest BCUT2D eigenvalue weighted by Crippen LogP contribution is -2.42. The molecule has 1 aliphatic heterocycles.